The van der Waals surface area contributed by atoms with Crippen molar-refractivity contribution >= 4 is 27.5 Å². The average Bonchev–Trinajstić information content (AvgIpc) is 2.69. The van der Waals surface area contributed by atoms with Crippen LogP contribution in [0.25, 0.3) is 0 Å². The van der Waals surface area contributed by atoms with Crippen LogP contribution in [-0.2, 0) is 16.4 Å². The molecule has 1 aliphatic heterocycles. The van der Waals surface area contributed by atoms with Gasteiger partial charge < -0.3 is 5.32 Å². The van der Waals surface area contributed by atoms with E-state index in [1.807, 2.05) is 31.2 Å². The molecule has 0 radical (unpaired) electrons. The number of rotatable bonds is 6. The van der Waals surface area contributed by atoms with Gasteiger partial charge in [0, 0.05) is 29.7 Å². The summed E-state index contributed by atoms with van der Waals surface area (Å²) in [5.74, 6) is -0.218. The zero-order chi connectivity index (χ0) is 20.1. The molecule has 0 aliphatic carbocycles. The summed E-state index contributed by atoms with van der Waals surface area (Å²) in [7, 11) is -3.52. The lowest BCUT2D eigenvalue weighted by molar-refractivity contribution is 0.0954. The largest absolute Gasteiger partial charge is 0.352 e. The highest BCUT2D eigenvalue weighted by molar-refractivity contribution is 7.89. The Bertz CT molecular complexity index is 912. The Hall–Kier alpha value is -1.89. The van der Waals surface area contributed by atoms with Crippen LogP contribution in [0.15, 0.2) is 53.4 Å². The fourth-order valence-electron chi connectivity index (χ4n) is 3.42. The van der Waals surface area contributed by atoms with Gasteiger partial charge in [-0.3, -0.25) is 4.79 Å². The van der Waals surface area contributed by atoms with Crippen molar-refractivity contribution in [2.45, 2.75) is 43.5 Å². The number of piperidine rings is 1. The molecule has 1 amide bonds. The maximum Gasteiger partial charge on any atom is 0.251 e. The second kappa shape index (κ2) is 9.07. The van der Waals surface area contributed by atoms with E-state index in [9.17, 15) is 13.2 Å². The summed E-state index contributed by atoms with van der Waals surface area (Å²) < 4.78 is 27.3. The van der Waals surface area contributed by atoms with Crippen LogP contribution in [0.1, 0.15) is 42.1 Å². The smallest absolute Gasteiger partial charge is 0.251 e. The monoisotopic (exact) mass is 420 g/mol. The highest BCUT2D eigenvalue weighted by Gasteiger charge is 2.30. The molecular weight excluding hydrogens is 396 g/mol. The Labute approximate surface area is 171 Å². The molecule has 2 aromatic rings. The summed E-state index contributed by atoms with van der Waals surface area (Å²) in [6.45, 7) is 2.99. The zero-order valence-corrected chi connectivity index (χ0v) is 17.5. The molecule has 150 valence electrons. The number of hydrogen-bond acceptors (Lipinski definition) is 3. The summed E-state index contributed by atoms with van der Waals surface area (Å²) in [6, 6.07) is 13.7. The standard InChI is InChI=1S/C21H25ClN2O3S/c1-16-4-2-3-15-24(16)28(26,27)20-11-7-18(8-12-20)21(25)23-14-13-17-5-9-19(22)10-6-17/h5-12,16H,2-4,13-15H2,1H3,(H,23,25)/t16-/m0/s1. The number of benzene rings is 2. The van der Waals surface area contributed by atoms with Gasteiger partial charge in [-0.15, -0.1) is 0 Å². The molecule has 5 nitrogen and oxygen atoms in total. The summed E-state index contributed by atoms with van der Waals surface area (Å²) in [5.41, 5.74) is 1.53. The molecular formula is C21H25ClN2O3S. The van der Waals surface area contributed by atoms with Gasteiger partial charge in [-0.1, -0.05) is 30.2 Å². The first kappa shape index (κ1) is 20.8. The number of sulfonamides is 1. The second-order valence-corrected chi connectivity index (χ2v) is 9.44. The summed E-state index contributed by atoms with van der Waals surface area (Å²) in [6.07, 6.45) is 3.52. The van der Waals surface area contributed by atoms with Crippen LogP contribution in [0.5, 0.6) is 0 Å². The van der Waals surface area contributed by atoms with Crippen molar-refractivity contribution in [3.63, 3.8) is 0 Å². The van der Waals surface area contributed by atoms with E-state index >= 15 is 0 Å². The van der Waals surface area contributed by atoms with E-state index in [2.05, 4.69) is 5.32 Å². The van der Waals surface area contributed by atoms with Crippen LogP contribution in [0.2, 0.25) is 5.02 Å². The third-order valence-corrected chi connectivity index (χ3v) is 7.36. The third kappa shape index (κ3) is 4.93. The fraction of sp³-hybridized carbons (Fsp3) is 0.381. The lowest BCUT2D eigenvalue weighted by atomic mass is 10.1. The van der Waals surface area contributed by atoms with E-state index < -0.39 is 10.0 Å². The molecule has 1 saturated heterocycles. The summed E-state index contributed by atoms with van der Waals surface area (Å²) in [4.78, 5) is 12.5. The summed E-state index contributed by atoms with van der Waals surface area (Å²) >= 11 is 5.86. The predicted molar refractivity (Wildman–Crippen MR) is 111 cm³/mol. The first-order valence-electron chi connectivity index (χ1n) is 9.52. The Balaban J connectivity index is 1.60. The average molecular weight is 421 g/mol. The van der Waals surface area contributed by atoms with Gasteiger partial charge in [0.25, 0.3) is 5.91 Å². The number of halogens is 1. The Morgan fingerprint density at radius 2 is 1.79 bits per heavy atom. The molecule has 7 heteroatoms. The minimum Gasteiger partial charge on any atom is -0.352 e. The second-order valence-electron chi connectivity index (χ2n) is 7.12. The minimum absolute atomic E-state index is 0.00888. The van der Waals surface area contributed by atoms with Gasteiger partial charge in [-0.2, -0.15) is 4.31 Å². The maximum absolute atomic E-state index is 12.8. The van der Waals surface area contributed by atoms with Gasteiger partial charge in [-0.05, 0) is 68.1 Å². The molecule has 1 N–H and O–H groups in total. The molecule has 0 saturated carbocycles. The van der Waals surface area contributed by atoms with Crippen LogP contribution in [-0.4, -0.2) is 37.8 Å². The van der Waals surface area contributed by atoms with Crippen LogP contribution in [0.3, 0.4) is 0 Å². The van der Waals surface area contributed by atoms with Crippen molar-refractivity contribution in [1.82, 2.24) is 9.62 Å². The first-order valence-corrected chi connectivity index (χ1v) is 11.3. The maximum atomic E-state index is 12.8. The van der Waals surface area contributed by atoms with Gasteiger partial charge >= 0.3 is 0 Å². The van der Waals surface area contributed by atoms with Crippen molar-refractivity contribution < 1.29 is 13.2 Å². The molecule has 0 bridgehead atoms. The van der Waals surface area contributed by atoms with Gasteiger partial charge in [0.05, 0.1) is 4.90 Å². The molecule has 1 fully saturated rings. The van der Waals surface area contributed by atoms with E-state index in [0.29, 0.717) is 30.1 Å². The van der Waals surface area contributed by atoms with Crippen LogP contribution in [0.4, 0.5) is 0 Å². The SMILES string of the molecule is C[C@H]1CCCCN1S(=O)(=O)c1ccc(C(=O)NCCc2ccc(Cl)cc2)cc1. The van der Waals surface area contributed by atoms with Crippen LogP contribution < -0.4 is 5.32 Å². The molecule has 1 heterocycles. The molecule has 28 heavy (non-hydrogen) atoms. The molecule has 3 rings (SSSR count). The van der Waals surface area contributed by atoms with Crippen molar-refractivity contribution in [2.75, 3.05) is 13.1 Å². The third-order valence-electron chi connectivity index (χ3n) is 5.08. The van der Waals surface area contributed by atoms with Gasteiger partial charge in [0.2, 0.25) is 10.0 Å². The number of nitrogens with zero attached hydrogens (tertiary/aromatic N) is 1. The zero-order valence-electron chi connectivity index (χ0n) is 15.9. The lowest BCUT2D eigenvalue weighted by Gasteiger charge is -2.32. The normalized spacial score (nSPS) is 18.0. The Kier molecular flexibility index (Phi) is 6.75. The highest BCUT2D eigenvalue weighted by Crippen LogP contribution is 2.25. The topological polar surface area (TPSA) is 66.5 Å². The molecule has 0 unspecified atom stereocenters. The molecule has 1 atom stereocenters. The Morgan fingerprint density at radius 3 is 2.43 bits per heavy atom. The molecule has 0 spiro atoms. The number of carbonyl (C=O) groups excluding carboxylic acids is 1. The van der Waals surface area contributed by atoms with Crippen molar-refractivity contribution in [1.29, 1.82) is 0 Å². The fourth-order valence-corrected chi connectivity index (χ4v) is 5.24. The van der Waals surface area contributed by atoms with E-state index in [1.54, 1.807) is 16.4 Å². The number of hydrogen-bond donors (Lipinski definition) is 1. The molecule has 0 aromatic heterocycles. The first-order chi connectivity index (χ1) is 13.4. The number of amides is 1. The van der Waals surface area contributed by atoms with Crippen LogP contribution >= 0.6 is 11.6 Å². The Morgan fingerprint density at radius 1 is 1.11 bits per heavy atom. The number of carbonyl (C=O) groups is 1. The van der Waals surface area contributed by atoms with E-state index in [4.69, 9.17) is 11.6 Å². The predicted octanol–water partition coefficient (Wildman–Crippen LogP) is 3.88. The quantitative estimate of drug-likeness (QED) is 0.771. The van der Waals surface area contributed by atoms with Crippen LogP contribution in [0, 0.1) is 0 Å². The highest BCUT2D eigenvalue weighted by atomic mass is 35.5. The van der Waals surface area contributed by atoms with E-state index in [1.165, 1.54) is 12.1 Å². The van der Waals surface area contributed by atoms with Gasteiger partial charge in [0.1, 0.15) is 0 Å². The van der Waals surface area contributed by atoms with Gasteiger partial charge in [-0.25, -0.2) is 8.42 Å². The number of nitrogens with one attached hydrogen (secondary N) is 1. The van der Waals surface area contributed by atoms with E-state index in [-0.39, 0.29) is 16.8 Å². The molecule has 1 aliphatic rings. The van der Waals surface area contributed by atoms with Gasteiger partial charge in [0.15, 0.2) is 0 Å². The van der Waals surface area contributed by atoms with E-state index in [0.717, 1.165) is 24.8 Å². The lowest BCUT2D eigenvalue weighted by Crippen LogP contribution is -2.41. The van der Waals surface area contributed by atoms with Crippen molar-refractivity contribution in [3.8, 4) is 0 Å². The van der Waals surface area contributed by atoms with Crippen molar-refractivity contribution in [3.05, 3.63) is 64.7 Å². The summed E-state index contributed by atoms with van der Waals surface area (Å²) in [5, 5.41) is 3.54. The minimum atomic E-state index is -3.52. The molecule has 2 aromatic carbocycles. The van der Waals surface area contributed by atoms with Crippen molar-refractivity contribution in [2.24, 2.45) is 0 Å².